The molecule has 1 heterocycles. The summed E-state index contributed by atoms with van der Waals surface area (Å²) in [5, 5.41) is 2.01. The number of ether oxygens (including phenoxy) is 1. The van der Waals surface area contributed by atoms with Crippen molar-refractivity contribution in [3.05, 3.63) is 22.4 Å². The lowest BCUT2D eigenvalue weighted by molar-refractivity contribution is 0.0236. The molecule has 1 unspecified atom stereocenters. The second kappa shape index (κ2) is 4.87. The lowest BCUT2D eigenvalue weighted by atomic mass is 10.2. The fourth-order valence-corrected chi connectivity index (χ4v) is 2.04. The van der Waals surface area contributed by atoms with Gasteiger partial charge < -0.3 is 9.64 Å². The first-order valence-corrected chi connectivity index (χ1v) is 6.18. The maximum Gasteiger partial charge on any atom is 0.410 e. The zero-order chi connectivity index (χ0) is 12.3. The van der Waals surface area contributed by atoms with Crippen molar-refractivity contribution in [2.75, 3.05) is 7.05 Å². The standard InChI is InChI=1S/C12H19NO2S/c1-9(10-7-6-8-16-10)13(5)11(14)15-12(2,3)4/h6-9H,1-5H3. The molecule has 16 heavy (non-hydrogen) atoms. The minimum absolute atomic E-state index is 0.0508. The molecule has 1 aromatic heterocycles. The van der Waals surface area contributed by atoms with E-state index >= 15 is 0 Å². The van der Waals surface area contributed by atoms with Gasteiger partial charge in [0.05, 0.1) is 6.04 Å². The van der Waals surface area contributed by atoms with Crippen LogP contribution in [-0.2, 0) is 4.74 Å². The second-order valence-corrected chi connectivity index (χ2v) is 5.76. The number of thiophene rings is 1. The molecule has 90 valence electrons. The number of carbonyl (C=O) groups is 1. The van der Waals surface area contributed by atoms with E-state index in [1.165, 1.54) is 0 Å². The van der Waals surface area contributed by atoms with E-state index in [2.05, 4.69) is 0 Å². The van der Waals surface area contributed by atoms with Crippen molar-refractivity contribution >= 4 is 17.4 Å². The van der Waals surface area contributed by atoms with Crippen molar-refractivity contribution in [3.63, 3.8) is 0 Å². The van der Waals surface area contributed by atoms with Gasteiger partial charge in [0.2, 0.25) is 0 Å². The molecule has 4 heteroatoms. The number of hydrogen-bond donors (Lipinski definition) is 0. The van der Waals surface area contributed by atoms with Gasteiger partial charge in [-0.3, -0.25) is 0 Å². The van der Waals surface area contributed by atoms with E-state index in [0.717, 1.165) is 4.88 Å². The van der Waals surface area contributed by atoms with Crippen LogP contribution in [0.3, 0.4) is 0 Å². The highest BCUT2D eigenvalue weighted by molar-refractivity contribution is 7.10. The van der Waals surface area contributed by atoms with Crippen LogP contribution < -0.4 is 0 Å². The van der Waals surface area contributed by atoms with Crippen molar-refractivity contribution in [2.24, 2.45) is 0 Å². The quantitative estimate of drug-likeness (QED) is 0.790. The van der Waals surface area contributed by atoms with Gasteiger partial charge in [-0.15, -0.1) is 11.3 Å². The normalized spacial score (nSPS) is 13.3. The van der Waals surface area contributed by atoms with E-state index in [1.54, 1.807) is 23.3 Å². The topological polar surface area (TPSA) is 29.5 Å². The average molecular weight is 241 g/mol. The summed E-state index contributed by atoms with van der Waals surface area (Å²) in [6.07, 6.45) is -0.284. The summed E-state index contributed by atoms with van der Waals surface area (Å²) in [6.45, 7) is 7.60. The summed E-state index contributed by atoms with van der Waals surface area (Å²) >= 11 is 1.65. The van der Waals surface area contributed by atoms with Crippen LogP contribution in [0.2, 0.25) is 0 Å². The molecule has 3 nitrogen and oxygen atoms in total. The Bertz CT molecular complexity index is 340. The fraction of sp³-hybridized carbons (Fsp3) is 0.583. The highest BCUT2D eigenvalue weighted by Crippen LogP contribution is 2.24. The van der Waals surface area contributed by atoms with E-state index in [-0.39, 0.29) is 12.1 Å². The van der Waals surface area contributed by atoms with Gasteiger partial charge in [-0.25, -0.2) is 4.79 Å². The molecule has 0 fully saturated rings. The molecule has 0 aliphatic heterocycles. The Hall–Kier alpha value is -1.03. The molecule has 0 N–H and O–H groups in total. The lowest BCUT2D eigenvalue weighted by Crippen LogP contribution is -2.35. The van der Waals surface area contributed by atoms with Crippen LogP contribution in [0.25, 0.3) is 0 Å². The second-order valence-electron chi connectivity index (χ2n) is 4.78. The maximum absolute atomic E-state index is 11.8. The summed E-state index contributed by atoms with van der Waals surface area (Å²) in [6, 6.07) is 4.06. The first-order valence-electron chi connectivity index (χ1n) is 5.30. The lowest BCUT2D eigenvalue weighted by Gasteiger charge is -2.28. The maximum atomic E-state index is 11.8. The Morgan fingerprint density at radius 2 is 2.12 bits per heavy atom. The van der Waals surface area contributed by atoms with Crippen molar-refractivity contribution in [2.45, 2.75) is 39.3 Å². The summed E-state index contributed by atoms with van der Waals surface area (Å²) in [5.41, 5.74) is -0.444. The van der Waals surface area contributed by atoms with Crippen LogP contribution in [0, 0.1) is 0 Å². The van der Waals surface area contributed by atoms with Crippen molar-refractivity contribution in [1.82, 2.24) is 4.90 Å². The van der Waals surface area contributed by atoms with E-state index < -0.39 is 5.60 Å². The number of amides is 1. The van der Waals surface area contributed by atoms with Crippen LogP contribution in [0.1, 0.15) is 38.6 Å². The van der Waals surface area contributed by atoms with Crippen LogP contribution in [0.4, 0.5) is 4.79 Å². The third kappa shape index (κ3) is 3.52. The predicted octanol–water partition coefficient (Wildman–Crippen LogP) is 3.68. The van der Waals surface area contributed by atoms with Crippen molar-refractivity contribution in [1.29, 1.82) is 0 Å². The predicted molar refractivity (Wildman–Crippen MR) is 66.7 cm³/mol. The largest absolute Gasteiger partial charge is 0.444 e. The first kappa shape index (κ1) is 13.0. The molecule has 0 saturated carbocycles. The monoisotopic (exact) mass is 241 g/mol. The Morgan fingerprint density at radius 1 is 1.50 bits per heavy atom. The third-order valence-electron chi connectivity index (χ3n) is 2.22. The Balaban J connectivity index is 2.64. The Labute approximate surface area is 101 Å². The Kier molecular flexibility index (Phi) is 3.97. The van der Waals surface area contributed by atoms with Gasteiger partial charge in [-0.05, 0) is 39.1 Å². The van der Waals surface area contributed by atoms with Crippen molar-refractivity contribution in [3.8, 4) is 0 Å². The summed E-state index contributed by atoms with van der Waals surface area (Å²) in [7, 11) is 1.76. The molecule has 0 aliphatic carbocycles. The van der Waals surface area contributed by atoms with Gasteiger partial charge in [0.15, 0.2) is 0 Å². The van der Waals surface area contributed by atoms with Gasteiger partial charge in [-0.2, -0.15) is 0 Å². The smallest absolute Gasteiger partial charge is 0.410 e. The number of nitrogens with zero attached hydrogens (tertiary/aromatic N) is 1. The molecule has 0 aromatic carbocycles. The molecular weight excluding hydrogens is 222 g/mol. The van der Waals surface area contributed by atoms with Crippen LogP contribution in [0.5, 0.6) is 0 Å². The van der Waals surface area contributed by atoms with E-state index in [4.69, 9.17) is 4.74 Å². The van der Waals surface area contributed by atoms with Gasteiger partial charge in [-0.1, -0.05) is 6.07 Å². The van der Waals surface area contributed by atoms with E-state index in [0.29, 0.717) is 0 Å². The molecule has 0 saturated heterocycles. The molecule has 0 radical (unpaired) electrons. The molecule has 0 bridgehead atoms. The first-order chi connectivity index (χ1) is 7.31. The van der Waals surface area contributed by atoms with Gasteiger partial charge in [0.25, 0.3) is 0 Å². The average Bonchev–Trinajstić information content (AvgIpc) is 2.65. The Morgan fingerprint density at radius 3 is 2.56 bits per heavy atom. The van der Waals surface area contributed by atoms with Gasteiger partial charge >= 0.3 is 6.09 Å². The van der Waals surface area contributed by atoms with Crippen LogP contribution >= 0.6 is 11.3 Å². The number of rotatable bonds is 2. The molecule has 0 spiro atoms. The van der Waals surface area contributed by atoms with Gasteiger partial charge in [0, 0.05) is 11.9 Å². The summed E-state index contributed by atoms with van der Waals surface area (Å²) in [5.74, 6) is 0. The van der Waals surface area contributed by atoms with E-state index in [9.17, 15) is 4.79 Å². The summed E-state index contributed by atoms with van der Waals surface area (Å²) < 4.78 is 5.31. The molecule has 1 atom stereocenters. The zero-order valence-electron chi connectivity index (χ0n) is 10.5. The summed E-state index contributed by atoms with van der Waals surface area (Å²) in [4.78, 5) is 14.6. The van der Waals surface area contributed by atoms with Gasteiger partial charge in [0.1, 0.15) is 5.60 Å². The number of hydrogen-bond acceptors (Lipinski definition) is 3. The van der Waals surface area contributed by atoms with Crippen LogP contribution in [-0.4, -0.2) is 23.6 Å². The minimum atomic E-state index is -0.444. The van der Waals surface area contributed by atoms with Crippen molar-refractivity contribution < 1.29 is 9.53 Å². The molecule has 0 aliphatic rings. The minimum Gasteiger partial charge on any atom is -0.444 e. The van der Waals surface area contributed by atoms with E-state index in [1.807, 2.05) is 45.2 Å². The third-order valence-corrected chi connectivity index (χ3v) is 3.26. The molecule has 1 aromatic rings. The van der Waals surface area contributed by atoms with Crippen LogP contribution in [0.15, 0.2) is 17.5 Å². The fourth-order valence-electron chi connectivity index (χ4n) is 1.21. The highest BCUT2D eigenvalue weighted by atomic mass is 32.1. The number of carbonyl (C=O) groups excluding carboxylic acids is 1. The molecule has 1 rings (SSSR count). The highest BCUT2D eigenvalue weighted by Gasteiger charge is 2.23. The molecule has 1 amide bonds. The molecular formula is C12H19NO2S. The zero-order valence-corrected chi connectivity index (χ0v) is 11.3. The SMILES string of the molecule is CC(c1cccs1)N(C)C(=O)OC(C)(C)C.